The van der Waals surface area contributed by atoms with Crippen molar-refractivity contribution < 1.29 is 22.3 Å². The maximum atomic E-state index is 13.0. The summed E-state index contributed by atoms with van der Waals surface area (Å²) in [4.78, 5) is 13.7. The number of halogens is 1. The summed E-state index contributed by atoms with van der Waals surface area (Å²) in [6.45, 7) is 3.45. The summed E-state index contributed by atoms with van der Waals surface area (Å²) in [6, 6.07) is 11.2. The number of nitrogens with one attached hydrogen (secondary N) is 1. The second kappa shape index (κ2) is 8.96. The molecule has 0 radical (unpaired) electrons. The van der Waals surface area contributed by atoms with Crippen LogP contribution in [0.1, 0.15) is 20.3 Å². The van der Waals surface area contributed by atoms with Crippen molar-refractivity contribution in [1.29, 1.82) is 0 Å². The minimum Gasteiger partial charge on any atom is -0.484 e. The first kappa shape index (κ1) is 20.9. The number of amides is 1. The summed E-state index contributed by atoms with van der Waals surface area (Å²) in [5.41, 5.74) is 0.544. The van der Waals surface area contributed by atoms with Crippen LogP contribution in [0.4, 0.5) is 10.1 Å². The van der Waals surface area contributed by atoms with E-state index in [0.29, 0.717) is 17.9 Å². The van der Waals surface area contributed by atoms with Crippen LogP contribution in [0.15, 0.2) is 53.4 Å². The van der Waals surface area contributed by atoms with Crippen LogP contribution < -0.4 is 14.4 Å². The summed E-state index contributed by atoms with van der Waals surface area (Å²) in [6.07, 6.45) is 0.685. The number of benzene rings is 2. The predicted octanol–water partition coefficient (Wildman–Crippen LogP) is 2.94. The van der Waals surface area contributed by atoms with Gasteiger partial charge in [0, 0.05) is 18.8 Å². The van der Waals surface area contributed by atoms with E-state index >= 15 is 0 Å². The monoisotopic (exact) mass is 394 g/mol. The molecular weight excluding hydrogens is 371 g/mol. The zero-order valence-electron chi connectivity index (χ0n) is 15.5. The number of likely N-dealkylation sites (N-methyl/N-ethyl adjacent to an activating group) is 1. The normalized spacial score (nSPS) is 12.4. The predicted molar refractivity (Wildman–Crippen MR) is 102 cm³/mol. The Bertz CT molecular complexity index is 868. The number of rotatable bonds is 8. The lowest BCUT2D eigenvalue weighted by molar-refractivity contribution is -0.120. The zero-order chi connectivity index (χ0) is 20.0. The maximum absolute atomic E-state index is 13.0. The van der Waals surface area contributed by atoms with E-state index in [1.807, 2.05) is 6.92 Å². The van der Waals surface area contributed by atoms with E-state index in [1.165, 1.54) is 53.4 Å². The fraction of sp³-hybridized carbons (Fsp3) is 0.316. The Morgan fingerprint density at radius 1 is 1.15 bits per heavy atom. The van der Waals surface area contributed by atoms with E-state index in [2.05, 4.69) is 4.72 Å². The molecule has 1 atom stereocenters. The van der Waals surface area contributed by atoms with Crippen molar-refractivity contribution in [3.05, 3.63) is 54.3 Å². The molecule has 0 aliphatic heterocycles. The third kappa shape index (κ3) is 5.77. The Kier molecular flexibility index (Phi) is 6.92. The quantitative estimate of drug-likeness (QED) is 0.747. The summed E-state index contributed by atoms with van der Waals surface area (Å²) >= 11 is 0. The number of anilines is 1. The van der Waals surface area contributed by atoms with Gasteiger partial charge in [0.05, 0.1) is 4.90 Å². The van der Waals surface area contributed by atoms with E-state index in [9.17, 15) is 17.6 Å². The number of nitrogens with zero attached hydrogens (tertiary/aromatic N) is 1. The minimum atomic E-state index is -3.58. The van der Waals surface area contributed by atoms with Crippen LogP contribution in [0, 0.1) is 5.82 Å². The van der Waals surface area contributed by atoms with Gasteiger partial charge in [-0.25, -0.2) is 17.5 Å². The van der Waals surface area contributed by atoms with Crippen LogP contribution in [0.3, 0.4) is 0 Å². The highest BCUT2D eigenvalue weighted by Gasteiger charge is 2.17. The lowest BCUT2D eigenvalue weighted by Gasteiger charge is -2.17. The van der Waals surface area contributed by atoms with Gasteiger partial charge in [-0.05, 0) is 61.9 Å². The summed E-state index contributed by atoms with van der Waals surface area (Å²) in [7, 11) is -2.02. The summed E-state index contributed by atoms with van der Waals surface area (Å²) in [5.74, 6) is -0.330. The first-order chi connectivity index (χ1) is 12.7. The lowest BCUT2D eigenvalue weighted by atomic mass is 10.3. The Morgan fingerprint density at radius 2 is 1.74 bits per heavy atom. The largest absolute Gasteiger partial charge is 0.484 e. The molecule has 2 aromatic carbocycles. The van der Waals surface area contributed by atoms with Crippen molar-refractivity contribution in [2.24, 2.45) is 0 Å². The lowest BCUT2D eigenvalue weighted by Crippen LogP contribution is -2.32. The second-order valence-corrected chi connectivity index (χ2v) is 7.83. The van der Waals surface area contributed by atoms with Gasteiger partial charge in [0.2, 0.25) is 10.0 Å². The van der Waals surface area contributed by atoms with Gasteiger partial charge < -0.3 is 9.64 Å². The van der Waals surface area contributed by atoms with Crippen molar-refractivity contribution >= 4 is 21.6 Å². The molecular formula is C19H23FN2O4S. The SMILES string of the molecule is CCC(C)NS(=O)(=O)c1ccc(OCC(=O)N(C)c2ccc(F)cc2)cc1. The highest BCUT2D eigenvalue weighted by Crippen LogP contribution is 2.17. The highest BCUT2D eigenvalue weighted by atomic mass is 32.2. The molecule has 27 heavy (non-hydrogen) atoms. The molecule has 1 amide bonds. The van der Waals surface area contributed by atoms with E-state index in [-0.39, 0.29) is 29.3 Å². The number of sulfonamides is 1. The van der Waals surface area contributed by atoms with E-state index < -0.39 is 10.0 Å². The van der Waals surface area contributed by atoms with Crippen molar-refractivity contribution in [2.45, 2.75) is 31.2 Å². The summed E-state index contributed by atoms with van der Waals surface area (Å²) in [5, 5.41) is 0. The smallest absolute Gasteiger partial charge is 0.264 e. The standard InChI is InChI=1S/C19H23FN2O4S/c1-4-14(2)21-27(24,25)18-11-9-17(10-12-18)26-13-19(23)22(3)16-7-5-15(20)6-8-16/h5-12,14,21H,4,13H2,1-3H3. The molecule has 2 aromatic rings. The molecule has 8 heteroatoms. The van der Waals surface area contributed by atoms with Crippen LogP contribution in [0.5, 0.6) is 5.75 Å². The molecule has 0 spiro atoms. The fourth-order valence-electron chi connectivity index (χ4n) is 2.18. The molecule has 0 bridgehead atoms. The number of hydrogen-bond acceptors (Lipinski definition) is 4. The molecule has 0 aromatic heterocycles. The van der Waals surface area contributed by atoms with Gasteiger partial charge in [0.25, 0.3) is 5.91 Å². The Morgan fingerprint density at radius 3 is 2.30 bits per heavy atom. The molecule has 1 unspecified atom stereocenters. The molecule has 1 N–H and O–H groups in total. The van der Waals surface area contributed by atoms with Gasteiger partial charge in [-0.1, -0.05) is 6.92 Å². The van der Waals surface area contributed by atoms with Crippen molar-refractivity contribution in [2.75, 3.05) is 18.6 Å². The van der Waals surface area contributed by atoms with Crippen LogP contribution in [0.25, 0.3) is 0 Å². The van der Waals surface area contributed by atoms with E-state index in [1.54, 1.807) is 14.0 Å². The molecule has 6 nitrogen and oxygen atoms in total. The number of carbonyl (C=O) groups is 1. The Hall–Kier alpha value is -2.45. The molecule has 0 heterocycles. The average molecular weight is 394 g/mol. The number of hydrogen-bond donors (Lipinski definition) is 1. The van der Waals surface area contributed by atoms with Crippen LogP contribution >= 0.6 is 0 Å². The van der Waals surface area contributed by atoms with Gasteiger partial charge in [0.1, 0.15) is 11.6 Å². The molecule has 0 aliphatic carbocycles. The van der Waals surface area contributed by atoms with Gasteiger partial charge in [-0.2, -0.15) is 0 Å². The van der Waals surface area contributed by atoms with Gasteiger partial charge >= 0.3 is 0 Å². The first-order valence-electron chi connectivity index (χ1n) is 8.50. The molecule has 0 fully saturated rings. The molecule has 0 saturated carbocycles. The number of carbonyl (C=O) groups excluding carboxylic acids is 1. The van der Waals surface area contributed by atoms with Gasteiger partial charge in [0.15, 0.2) is 6.61 Å². The molecule has 0 aliphatic rings. The van der Waals surface area contributed by atoms with Crippen LogP contribution in [-0.2, 0) is 14.8 Å². The first-order valence-corrected chi connectivity index (χ1v) is 9.98. The fourth-order valence-corrected chi connectivity index (χ4v) is 3.51. The van der Waals surface area contributed by atoms with E-state index in [0.717, 1.165) is 0 Å². The minimum absolute atomic E-state index is 0.130. The maximum Gasteiger partial charge on any atom is 0.264 e. The zero-order valence-corrected chi connectivity index (χ0v) is 16.3. The summed E-state index contributed by atoms with van der Waals surface area (Å²) < 4.78 is 45.4. The van der Waals surface area contributed by atoms with Crippen molar-refractivity contribution in [3.63, 3.8) is 0 Å². The third-order valence-electron chi connectivity index (χ3n) is 4.05. The van der Waals surface area contributed by atoms with Gasteiger partial charge in [-0.15, -0.1) is 0 Å². The highest BCUT2D eigenvalue weighted by molar-refractivity contribution is 7.89. The van der Waals surface area contributed by atoms with Crippen molar-refractivity contribution in [1.82, 2.24) is 4.72 Å². The average Bonchev–Trinajstić information content (AvgIpc) is 2.66. The number of ether oxygens (including phenoxy) is 1. The molecule has 2 rings (SSSR count). The third-order valence-corrected chi connectivity index (χ3v) is 5.66. The Labute approximate surface area is 159 Å². The van der Waals surface area contributed by atoms with E-state index in [4.69, 9.17) is 4.74 Å². The molecule has 146 valence electrons. The Balaban J connectivity index is 1.96. The second-order valence-electron chi connectivity index (χ2n) is 6.12. The van der Waals surface area contributed by atoms with Crippen LogP contribution in [-0.4, -0.2) is 34.0 Å². The van der Waals surface area contributed by atoms with Crippen molar-refractivity contribution in [3.8, 4) is 5.75 Å². The molecule has 0 saturated heterocycles. The topological polar surface area (TPSA) is 75.7 Å². The van der Waals surface area contributed by atoms with Gasteiger partial charge in [-0.3, -0.25) is 4.79 Å². The van der Waals surface area contributed by atoms with Crippen LogP contribution in [0.2, 0.25) is 0 Å².